The predicted molar refractivity (Wildman–Crippen MR) is 52.8 cm³/mol. The van der Waals surface area contributed by atoms with E-state index in [1.165, 1.54) is 6.08 Å². The molecule has 0 aromatic heterocycles. The molecule has 0 heterocycles. The number of amides is 1. The molecule has 2 rings (SSSR count). The molecule has 0 aromatic carbocycles. The number of hydrogen-bond donors (Lipinski definition) is 2. The Morgan fingerprint density at radius 3 is 2.50 bits per heavy atom. The third-order valence-electron chi connectivity index (χ3n) is 3.41. The van der Waals surface area contributed by atoms with Crippen molar-refractivity contribution in [2.45, 2.75) is 24.2 Å². The summed E-state index contributed by atoms with van der Waals surface area (Å²) in [6.07, 6.45) is -2.23. The van der Waals surface area contributed by atoms with Crippen molar-refractivity contribution in [3.8, 4) is 0 Å². The fourth-order valence-electron chi connectivity index (χ4n) is 2.66. The Balaban J connectivity index is 2.27. The standard InChI is InChI=1S/C10H11F3N2O3/c11-10(12,13)8(17)18-9-2-1-4(3-9)6(14)5(9)7(15)16/h1-2,4-6H,3,14H2,(H2,15,16)/t4-,5-,6+,9+/m0/s1. The molecule has 8 heteroatoms. The van der Waals surface area contributed by atoms with E-state index in [4.69, 9.17) is 11.5 Å². The van der Waals surface area contributed by atoms with Crippen LogP contribution in [0.4, 0.5) is 13.2 Å². The third kappa shape index (κ3) is 1.76. The highest BCUT2D eigenvalue weighted by Gasteiger charge is 2.60. The molecular formula is C10H11F3N2O3. The Bertz CT molecular complexity index is 435. The molecule has 18 heavy (non-hydrogen) atoms. The maximum atomic E-state index is 12.2. The summed E-state index contributed by atoms with van der Waals surface area (Å²) in [7, 11) is 0. The van der Waals surface area contributed by atoms with Gasteiger partial charge in [0.1, 0.15) is 5.60 Å². The lowest BCUT2D eigenvalue weighted by atomic mass is 9.85. The zero-order valence-corrected chi connectivity index (χ0v) is 9.11. The number of fused-ring (bicyclic) bond motifs is 2. The molecule has 0 spiro atoms. The Morgan fingerprint density at radius 2 is 2.00 bits per heavy atom. The number of primary amides is 1. The van der Waals surface area contributed by atoms with Gasteiger partial charge in [-0.2, -0.15) is 13.2 Å². The second kappa shape index (κ2) is 3.71. The summed E-state index contributed by atoms with van der Waals surface area (Å²) in [5, 5.41) is 0. The molecule has 0 saturated heterocycles. The van der Waals surface area contributed by atoms with Gasteiger partial charge in [-0.15, -0.1) is 0 Å². The van der Waals surface area contributed by atoms with E-state index in [1.54, 1.807) is 6.08 Å². The summed E-state index contributed by atoms with van der Waals surface area (Å²) in [5.74, 6) is -4.64. The number of nitrogens with two attached hydrogens (primary N) is 2. The van der Waals surface area contributed by atoms with Gasteiger partial charge in [-0.05, 0) is 18.4 Å². The van der Waals surface area contributed by atoms with Crippen LogP contribution in [0.15, 0.2) is 12.2 Å². The topological polar surface area (TPSA) is 95.4 Å². The minimum atomic E-state index is -5.12. The number of carbonyl (C=O) groups is 2. The summed E-state index contributed by atoms with van der Waals surface area (Å²) >= 11 is 0. The SMILES string of the molecule is NC(=O)[C@@H]1[C@H](N)[C@H]2C=C[C@@]1(OC(=O)C(F)(F)F)C2. The maximum Gasteiger partial charge on any atom is 0.490 e. The number of rotatable bonds is 2. The lowest BCUT2D eigenvalue weighted by Gasteiger charge is -2.32. The quantitative estimate of drug-likeness (QED) is 0.535. The van der Waals surface area contributed by atoms with E-state index in [0.29, 0.717) is 0 Å². The first-order valence-corrected chi connectivity index (χ1v) is 5.22. The van der Waals surface area contributed by atoms with Gasteiger partial charge < -0.3 is 16.2 Å². The van der Waals surface area contributed by atoms with Gasteiger partial charge >= 0.3 is 12.1 Å². The monoisotopic (exact) mass is 264 g/mol. The van der Waals surface area contributed by atoms with E-state index in [-0.39, 0.29) is 12.3 Å². The third-order valence-corrected chi connectivity index (χ3v) is 3.41. The van der Waals surface area contributed by atoms with Crippen molar-refractivity contribution in [3.05, 3.63) is 12.2 Å². The van der Waals surface area contributed by atoms with Crippen LogP contribution in [0.25, 0.3) is 0 Å². The molecular weight excluding hydrogens is 253 g/mol. The van der Waals surface area contributed by atoms with Gasteiger partial charge in [-0.3, -0.25) is 4.79 Å². The number of esters is 1. The number of halogens is 3. The zero-order chi connectivity index (χ0) is 13.7. The van der Waals surface area contributed by atoms with Crippen molar-refractivity contribution in [2.75, 3.05) is 0 Å². The molecule has 1 fully saturated rings. The van der Waals surface area contributed by atoms with Crippen LogP contribution in [-0.2, 0) is 14.3 Å². The summed E-state index contributed by atoms with van der Waals surface area (Å²) in [6.45, 7) is 0. The van der Waals surface area contributed by atoms with E-state index in [1.807, 2.05) is 0 Å². The average molecular weight is 264 g/mol. The molecule has 5 nitrogen and oxygen atoms in total. The highest BCUT2D eigenvalue weighted by Crippen LogP contribution is 2.49. The minimum Gasteiger partial charge on any atom is -0.447 e. The van der Waals surface area contributed by atoms with Crippen molar-refractivity contribution in [2.24, 2.45) is 23.3 Å². The number of hydrogen-bond acceptors (Lipinski definition) is 4. The smallest absolute Gasteiger partial charge is 0.447 e. The van der Waals surface area contributed by atoms with E-state index >= 15 is 0 Å². The van der Waals surface area contributed by atoms with Crippen LogP contribution in [0.5, 0.6) is 0 Å². The second-order valence-electron chi connectivity index (χ2n) is 4.53. The van der Waals surface area contributed by atoms with Crippen molar-refractivity contribution in [3.63, 3.8) is 0 Å². The Hall–Kier alpha value is -1.57. The molecule has 1 saturated carbocycles. The van der Waals surface area contributed by atoms with Crippen molar-refractivity contribution < 1.29 is 27.5 Å². The predicted octanol–water partition coefficient (Wildman–Crippen LogP) is -0.151. The lowest BCUT2D eigenvalue weighted by molar-refractivity contribution is -0.212. The first kappa shape index (κ1) is 12.9. The van der Waals surface area contributed by atoms with Crippen molar-refractivity contribution in [1.29, 1.82) is 0 Å². The van der Waals surface area contributed by atoms with Gasteiger partial charge in [-0.1, -0.05) is 6.08 Å². The van der Waals surface area contributed by atoms with Crippen molar-refractivity contribution in [1.82, 2.24) is 0 Å². The van der Waals surface area contributed by atoms with E-state index in [9.17, 15) is 22.8 Å². The minimum absolute atomic E-state index is 0.0591. The van der Waals surface area contributed by atoms with Gasteiger partial charge in [0.15, 0.2) is 0 Å². The first-order chi connectivity index (χ1) is 8.17. The highest BCUT2D eigenvalue weighted by atomic mass is 19.4. The zero-order valence-electron chi connectivity index (χ0n) is 9.11. The summed E-state index contributed by atoms with van der Waals surface area (Å²) < 4.78 is 41.1. The number of alkyl halides is 3. The maximum absolute atomic E-state index is 12.2. The number of carbonyl (C=O) groups excluding carboxylic acids is 2. The molecule has 1 amide bonds. The normalized spacial score (nSPS) is 37.9. The molecule has 4 atom stereocenters. The molecule has 0 aromatic rings. The molecule has 0 aliphatic heterocycles. The number of ether oxygens (including phenoxy) is 1. The summed E-state index contributed by atoms with van der Waals surface area (Å²) in [6, 6.07) is -0.728. The summed E-state index contributed by atoms with van der Waals surface area (Å²) in [5.41, 5.74) is 9.18. The fraction of sp³-hybridized carbons (Fsp3) is 0.600. The lowest BCUT2D eigenvalue weighted by Crippen LogP contribution is -2.52. The highest BCUT2D eigenvalue weighted by molar-refractivity contribution is 5.82. The van der Waals surface area contributed by atoms with Crippen LogP contribution in [0.2, 0.25) is 0 Å². The molecule has 2 aliphatic carbocycles. The van der Waals surface area contributed by atoms with Crippen LogP contribution in [-0.4, -0.2) is 29.7 Å². The van der Waals surface area contributed by atoms with Crippen LogP contribution < -0.4 is 11.5 Å². The Kier molecular flexibility index (Phi) is 2.65. The van der Waals surface area contributed by atoms with Gasteiger partial charge in [0.05, 0.1) is 5.92 Å². The average Bonchev–Trinajstić information content (AvgIpc) is 2.70. The van der Waals surface area contributed by atoms with Gasteiger partial charge in [0, 0.05) is 6.04 Å². The first-order valence-electron chi connectivity index (χ1n) is 5.22. The molecule has 2 aliphatic rings. The van der Waals surface area contributed by atoms with Gasteiger partial charge in [-0.25, -0.2) is 4.79 Å². The molecule has 0 unspecified atom stereocenters. The summed E-state index contributed by atoms with van der Waals surface area (Å²) in [4.78, 5) is 22.2. The molecule has 2 bridgehead atoms. The Morgan fingerprint density at radius 1 is 1.39 bits per heavy atom. The van der Waals surface area contributed by atoms with E-state index in [2.05, 4.69) is 4.74 Å². The second-order valence-corrected chi connectivity index (χ2v) is 4.53. The fourth-order valence-corrected chi connectivity index (χ4v) is 2.66. The van der Waals surface area contributed by atoms with Gasteiger partial charge in [0.25, 0.3) is 0 Å². The van der Waals surface area contributed by atoms with Crippen molar-refractivity contribution >= 4 is 11.9 Å². The molecule has 4 N–H and O–H groups in total. The van der Waals surface area contributed by atoms with E-state index in [0.717, 1.165) is 0 Å². The molecule has 0 radical (unpaired) electrons. The van der Waals surface area contributed by atoms with Crippen LogP contribution in [0.3, 0.4) is 0 Å². The van der Waals surface area contributed by atoms with Crippen LogP contribution in [0.1, 0.15) is 6.42 Å². The van der Waals surface area contributed by atoms with Crippen LogP contribution >= 0.6 is 0 Å². The van der Waals surface area contributed by atoms with E-state index < -0.39 is 35.6 Å². The molecule has 100 valence electrons. The van der Waals surface area contributed by atoms with Gasteiger partial charge in [0.2, 0.25) is 5.91 Å². The van der Waals surface area contributed by atoms with Crippen LogP contribution in [0, 0.1) is 11.8 Å². The largest absolute Gasteiger partial charge is 0.490 e. The Labute approximate surface area is 99.9 Å².